The van der Waals surface area contributed by atoms with E-state index in [1.807, 2.05) is 12.1 Å². The number of aryl methyl sites for hydroxylation is 1. The van der Waals surface area contributed by atoms with Crippen LogP contribution in [0.5, 0.6) is 5.75 Å². The summed E-state index contributed by atoms with van der Waals surface area (Å²) in [4.78, 5) is 7.82. The third-order valence-electron chi connectivity index (χ3n) is 4.27. The van der Waals surface area contributed by atoms with Gasteiger partial charge in [-0.05, 0) is 36.8 Å². The maximum atomic E-state index is 13.6. The van der Waals surface area contributed by atoms with E-state index < -0.39 is 10.0 Å². The van der Waals surface area contributed by atoms with E-state index in [0.29, 0.717) is 26.8 Å². The van der Waals surface area contributed by atoms with E-state index in [4.69, 9.17) is 0 Å². The zero-order valence-electron chi connectivity index (χ0n) is 14.2. The number of phenolic OH excluding ortho intramolecular Hbond substituents is 1. The molecule has 2 heterocycles. The SMILES string of the molecule is Cc1cc(Br)cc(S(=O)(=O)n2c(-c3cncnc3)cc3ccccc32)c1O. The standard InChI is InChI=1S/C19H14BrN3O3S/c1-12-6-15(20)8-18(19(12)24)27(25,26)23-16-5-3-2-4-13(16)7-17(23)14-9-21-11-22-10-14/h2-11,24H,1H3. The van der Waals surface area contributed by atoms with E-state index in [9.17, 15) is 13.5 Å². The van der Waals surface area contributed by atoms with Gasteiger partial charge in [0.25, 0.3) is 10.0 Å². The van der Waals surface area contributed by atoms with Crippen LogP contribution in [0.2, 0.25) is 0 Å². The second kappa shape index (κ2) is 6.47. The first-order valence-electron chi connectivity index (χ1n) is 8.00. The van der Waals surface area contributed by atoms with Crippen LogP contribution in [0.1, 0.15) is 5.56 Å². The molecule has 0 aliphatic heterocycles. The summed E-state index contributed by atoms with van der Waals surface area (Å²) < 4.78 is 28.9. The van der Waals surface area contributed by atoms with Crippen molar-refractivity contribution in [2.75, 3.05) is 0 Å². The van der Waals surface area contributed by atoms with Gasteiger partial charge in [-0.3, -0.25) is 0 Å². The van der Waals surface area contributed by atoms with Gasteiger partial charge in [0, 0.05) is 27.8 Å². The number of aromatic hydroxyl groups is 1. The fourth-order valence-electron chi connectivity index (χ4n) is 3.02. The molecule has 27 heavy (non-hydrogen) atoms. The number of rotatable bonds is 3. The minimum atomic E-state index is -4.10. The molecule has 4 aromatic rings. The average molecular weight is 444 g/mol. The molecule has 136 valence electrons. The summed E-state index contributed by atoms with van der Waals surface area (Å²) in [7, 11) is -4.10. The number of para-hydroxylation sites is 1. The molecule has 0 saturated heterocycles. The van der Waals surface area contributed by atoms with Gasteiger partial charge in [-0.2, -0.15) is 0 Å². The first-order valence-corrected chi connectivity index (χ1v) is 10.2. The summed E-state index contributed by atoms with van der Waals surface area (Å²) in [6.45, 7) is 1.65. The Morgan fingerprint density at radius 3 is 2.52 bits per heavy atom. The number of phenols is 1. The lowest BCUT2D eigenvalue weighted by molar-refractivity contribution is 0.454. The highest BCUT2D eigenvalue weighted by Crippen LogP contribution is 2.36. The number of fused-ring (bicyclic) bond motifs is 1. The number of benzene rings is 2. The lowest BCUT2D eigenvalue weighted by Crippen LogP contribution is -2.15. The quantitative estimate of drug-likeness (QED) is 0.514. The van der Waals surface area contributed by atoms with Crippen LogP contribution in [-0.2, 0) is 10.0 Å². The molecule has 0 fully saturated rings. The van der Waals surface area contributed by atoms with Crippen LogP contribution in [0.4, 0.5) is 0 Å². The molecule has 0 spiro atoms. The molecule has 0 unspecified atom stereocenters. The molecule has 0 saturated carbocycles. The van der Waals surface area contributed by atoms with Crippen LogP contribution >= 0.6 is 15.9 Å². The Labute approximate surface area is 164 Å². The van der Waals surface area contributed by atoms with Crippen LogP contribution in [0.25, 0.3) is 22.2 Å². The highest BCUT2D eigenvalue weighted by molar-refractivity contribution is 9.10. The number of aromatic nitrogens is 3. The number of hydrogen-bond donors (Lipinski definition) is 1. The topological polar surface area (TPSA) is 85.1 Å². The largest absolute Gasteiger partial charge is 0.506 e. The van der Waals surface area contributed by atoms with E-state index in [2.05, 4.69) is 25.9 Å². The number of nitrogens with zero attached hydrogens (tertiary/aromatic N) is 3. The Kier molecular flexibility index (Phi) is 4.24. The molecule has 0 aliphatic rings. The molecule has 0 aliphatic carbocycles. The predicted molar refractivity (Wildman–Crippen MR) is 106 cm³/mol. The summed E-state index contributed by atoms with van der Waals surface area (Å²) in [5, 5.41) is 11.2. The summed E-state index contributed by atoms with van der Waals surface area (Å²) in [6, 6.07) is 12.0. The fraction of sp³-hybridized carbons (Fsp3) is 0.0526. The van der Waals surface area contributed by atoms with Gasteiger partial charge < -0.3 is 5.11 Å². The van der Waals surface area contributed by atoms with Crippen LogP contribution in [-0.4, -0.2) is 27.5 Å². The van der Waals surface area contributed by atoms with Crippen LogP contribution in [0.3, 0.4) is 0 Å². The molecule has 0 amide bonds. The van der Waals surface area contributed by atoms with Crippen LogP contribution < -0.4 is 0 Å². The highest BCUT2D eigenvalue weighted by Gasteiger charge is 2.27. The van der Waals surface area contributed by atoms with Crippen molar-refractivity contribution in [3.05, 3.63) is 71.2 Å². The highest BCUT2D eigenvalue weighted by atomic mass is 79.9. The lowest BCUT2D eigenvalue weighted by atomic mass is 10.2. The zero-order valence-corrected chi connectivity index (χ0v) is 16.6. The second-order valence-electron chi connectivity index (χ2n) is 6.05. The van der Waals surface area contributed by atoms with Gasteiger partial charge in [0.1, 0.15) is 17.0 Å². The van der Waals surface area contributed by atoms with Gasteiger partial charge in [0.05, 0.1) is 11.2 Å². The first kappa shape index (κ1) is 17.7. The van der Waals surface area contributed by atoms with E-state index in [1.54, 1.807) is 43.6 Å². The molecule has 0 atom stereocenters. The molecule has 0 bridgehead atoms. The maximum absolute atomic E-state index is 13.6. The Hall–Kier alpha value is -2.71. The van der Waals surface area contributed by atoms with E-state index in [-0.39, 0.29) is 10.6 Å². The van der Waals surface area contributed by atoms with Gasteiger partial charge in [-0.25, -0.2) is 22.4 Å². The van der Waals surface area contributed by atoms with Crippen LogP contribution in [0.15, 0.2) is 70.6 Å². The number of hydrogen-bond acceptors (Lipinski definition) is 5. The fourth-order valence-corrected chi connectivity index (χ4v) is 5.46. The van der Waals surface area contributed by atoms with Crippen molar-refractivity contribution in [3.8, 4) is 17.0 Å². The van der Waals surface area contributed by atoms with Gasteiger partial charge in [0.15, 0.2) is 0 Å². The molecule has 4 rings (SSSR count). The Morgan fingerprint density at radius 2 is 1.78 bits per heavy atom. The molecule has 0 radical (unpaired) electrons. The summed E-state index contributed by atoms with van der Waals surface area (Å²) in [5.41, 5.74) is 1.95. The molecular weight excluding hydrogens is 430 g/mol. The normalized spacial score (nSPS) is 11.8. The predicted octanol–water partition coefficient (Wildman–Crippen LogP) is 4.11. The molecule has 6 nitrogen and oxygen atoms in total. The third-order valence-corrected chi connectivity index (χ3v) is 6.47. The summed E-state index contributed by atoms with van der Waals surface area (Å²) in [5.74, 6) is -0.272. The molecule has 1 N–H and O–H groups in total. The van der Waals surface area contributed by atoms with Crippen molar-refractivity contribution in [3.63, 3.8) is 0 Å². The lowest BCUT2D eigenvalue weighted by Gasteiger charge is -2.14. The van der Waals surface area contributed by atoms with Crippen molar-refractivity contribution in [2.45, 2.75) is 11.8 Å². The minimum Gasteiger partial charge on any atom is -0.506 e. The van der Waals surface area contributed by atoms with Gasteiger partial charge in [-0.15, -0.1) is 0 Å². The van der Waals surface area contributed by atoms with E-state index in [1.165, 1.54) is 16.4 Å². The maximum Gasteiger partial charge on any atom is 0.272 e. The van der Waals surface area contributed by atoms with Gasteiger partial charge >= 0.3 is 0 Å². The third kappa shape index (κ3) is 2.90. The first-order chi connectivity index (χ1) is 12.9. The average Bonchev–Trinajstić information content (AvgIpc) is 3.05. The van der Waals surface area contributed by atoms with E-state index >= 15 is 0 Å². The van der Waals surface area contributed by atoms with Gasteiger partial charge in [0.2, 0.25) is 0 Å². The molecule has 2 aromatic carbocycles. The monoisotopic (exact) mass is 443 g/mol. The number of halogens is 1. The Balaban J connectivity index is 2.10. The van der Waals surface area contributed by atoms with E-state index in [0.717, 1.165) is 5.39 Å². The Morgan fingerprint density at radius 1 is 1.07 bits per heavy atom. The van der Waals surface area contributed by atoms with Crippen molar-refractivity contribution in [2.24, 2.45) is 0 Å². The van der Waals surface area contributed by atoms with Crippen molar-refractivity contribution in [1.29, 1.82) is 0 Å². The van der Waals surface area contributed by atoms with Crippen molar-refractivity contribution in [1.82, 2.24) is 13.9 Å². The van der Waals surface area contributed by atoms with Gasteiger partial charge in [-0.1, -0.05) is 34.1 Å². The summed E-state index contributed by atoms with van der Waals surface area (Å²) in [6.07, 6.45) is 4.49. The van der Waals surface area contributed by atoms with Crippen molar-refractivity contribution < 1.29 is 13.5 Å². The van der Waals surface area contributed by atoms with Crippen LogP contribution in [0, 0.1) is 6.92 Å². The minimum absolute atomic E-state index is 0.172. The molecule has 8 heteroatoms. The molecule has 2 aromatic heterocycles. The zero-order chi connectivity index (χ0) is 19.2. The smallest absolute Gasteiger partial charge is 0.272 e. The Bertz CT molecular complexity index is 1270. The van der Waals surface area contributed by atoms with Crippen molar-refractivity contribution >= 4 is 36.9 Å². The summed E-state index contributed by atoms with van der Waals surface area (Å²) >= 11 is 3.31. The second-order valence-corrected chi connectivity index (χ2v) is 8.73. The molecular formula is C19H14BrN3O3S.